The molecule has 1 aliphatic heterocycles. The van der Waals surface area contributed by atoms with E-state index in [1.807, 2.05) is 30.8 Å². The van der Waals surface area contributed by atoms with Crippen molar-refractivity contribution in [2.24, 2.45) is 7.05 Å². The molecular formula is C16H24N6O2S. The molecule has 0 amide bonds. The molecule has 1 aliphatic rings. The van der Waals surface area contributed by atoms with E-state index in [0.717, 1.165) is 30.8 Å². The molecule has 2 aromatic rings. The van der Waals surface area contributed by atoms with Gasteiger partial charge in [-0.2, -0.15) is 17.0 Å². The number of rotatable bonds is 4. The highest BCUT2D eigenvalue weighted by molar-refractivity contribution is 7.86. The molecule has 0 aromatic carbocycles. The number of piperidine rings is 1. The van der Waals surface area contributed by atoms with Crippen LogP contribution >= 0.6 is 0 Å². The summed E-state index contributed by atoms with van der Waals surface area (Å²) >= 11 is 0. The lowest BCUT2D eigenvalue weighted by Crippen LogP contribution is -2.44. The molecule has 2 aromatic heterocycles. The molecule has 25 heavy (non-hydrogen) atoms. The molecule has 0 saturated carbocycles. The number of aromatic nitrogens is 4. The predicted molar refractivity (Wildman–Crippen MR) is 94.9 cm³/mol. The van der Waals surface area contributed by atoms with E-state index in [0.29, 0.717) is 18.1 Å². The molecule has 0 spiro atoms. The van der Waals surface area contributed by atoms with Crippen LogP contribution in [0.2, 0.25) is 0 Å². The first kappa shape index (κ1) is 18.0. The first-order chi connectivity index (χ1) is 11.8. The van der Waals surface area contributed by atoms with E-state index < -0.39 is 10.2 Å². The second kappa shape index (κ2) is 6.81. The van der Waals surface area contributed by atoms with Crippen molar-refractivity contribution < 1.29 is 8.42 Å². The maximum Gasteiger partial charge on any atom is 0.282 e. The van der Waals surface area contributed by atoms with E-state index in [1.165, 1.54) is 4.31 Å². The first-order valence-corrected chi connectivity index (χ1v) is 9.73. The van der Waals surface area contributed by atoms with E-state index in [-0.39, 0.29) is 6.04 Å². The average Bonchev–Trinajstić information content (AvgIpc) is 3.00. The lowest BCUT2D eigenvalue weighted by molar-refractivity contribution is 0.238. The topological polar surface area (TPSA) is 84.2 Å². The fraction of sp³-hybridized carbons (Fsp3) is 0.562. The van der Waals surface area contributed by atoms with Crippen LogP contribution in [0.15, 0.2) is 18.5 Å². The van der Waals surface area contributed by atoms with Gasteiger partial charge in [0.05, 0.1) is 11.7 Å². The Labute approximate surface area is 148 Å². The Morgan fingerprint density at radius 3 is 2.64 bits per heavy atom. The molecule has 9 heteroatoms. The SMILES string of the molecule is Cc1nc(-c2nccn2C)cc([C@H]2CCCCN2S(=O)(=O)N(C)C)n1. The second-order valence-corrected chi connectivity index (χ2v) is 8.59. The molecule has 1 saturated heterocycles. The van der Waals surface area contributed by atoms with E-state index in [9.17, 15) is 8.42 Å². The van der Waals surface area contributed by atoms with Crippen molar-refractivity contribution >= 4 is 10.2 Å². The summed E-state index contributed by atoms with van der Waals surface area (Å²) in [5.74, 6) is 1.35. The lowest BCUT2D eigenvalue weighted by Gasteiger charge is -2.35. The van der Waals surface area contributed by atoms with Gasteiger partial charge in [-0.25, -0.2) is 15.0 Å². The highest BCUT2D eigenvalue weighted by Crippen LogP contribution is 2.33. The van der Waals surface area contributed by atoms with Crippen molar-refractivity contribution in [3.63, 3.8) is 0 Å². The van der Waals surface area contributed by atoms with E-state index >= 15 is 0 Å². The van der Waals surface area contributed by atoms with Gasteiger partial charge in [-0.3, -0.25) is 0 Å². The quantitative estimate of drug-likeness (QED) is 0.821. The Kier molecular flexibility index (Phi) is 4.90. The van der Waals surface area contributed by atoms with Crippen LogP contribution < -0.4 is 0 Å². The Morgan fingerprint density at radius 2 is 2.00 bits per heavy atom. The summed E-state index contributed by atoms with van der Waals surface area (Å²) in [5, 5.41) is 0. The van der Waals surface area contributed by atoms with Gasteiger partial charge in [-0.1, -0.05) is 6.42 Å². The van der Waals surface area contributed by atoms with E-state index in [4.69, 9.17) is 0 Å². The van der Waals surface area contributed by atoms with Crippen LogP contribution in [0.1, 0.15) is 36.8 Å². The minimum atomic E-state index is -3.50. The second-order valence-electron chi connectivity index (χ2n) is 6.50. The number of imidazole rings is 1. The monoisotopic (exact) mass is 364 g/mol. The van der Waals surface area contributed by atoms with Gasteiger partial charge in [0, 0.05) is 40.1 Å². The molecule has 3 rings (SSSR count). The average molecular weight is 364 g/mol. The summed E-state index contributed by atoms with van der Waals surface area (Å²) in [6, 6.07) is 1.59. The molecule has 0 aliphatic carbocycles. The smallest absolute Gasteiger partial charge is 0.282 e. The fourth-order valence-corrected chi connectivity index (χ4v) is 4.49. The van der Waals surface area contributed by atoms with Gasteiger partial charge >= 0.3 is 0 Å². The highest BCUT2D eigenvalue weighted by Gasteiger charge is 2.35. The Balaban J connectivity index is 2.05. The summed E-state index contributed by atoms with van der Waals surface area (Å²) in [6.45, 7) is 2.33. The number of aryl methyl sites for hydroxylation is 2. The molecule has 1 fully saturated rings. The molecule has 0 N–H and O–H groups in total. The summed E-state index contributed by atoms with van der Waals surface area (Å²) < 4.78 is 30.1. The van der Waals surface area contributed by atoms with Gasteiger partial charge in [0.1, 0.15) is 11.5 Å². The van der Waals surface area contributed by atoms with Gasteiger partial charge < -0.3 is 4.57 Å². The molecule has 3 heterocycles. The minimum Gasteiger partial charge on any atom is -0.333 e. The summed E-state index contributed by atoms with van der Waals surface area (Å²) in [4.78, 5) is 13.4. The van der Waals surface area contributed by atoms with Crippen LogP contribution in [0.25, 0.3) is 11.5 Å². The molecule has 1 atom stereocenters. The first-order valence-electron chi connectivity index (χ1n) is 8.33. The summed E-state index contributed by atoms with van der Waals surface area (Å²) in [6.07, 6.45) is 6.17. The van der Waals surface area contributed by atoms with E-state index in [2.05, 4.69) is 15.0 Å². The Morgan fingerprint density at radius 1 is 1.24 bits per heavy atom. The lowest BCUT2D eigenvalue weighted by atomic mass is 10.0. The van der Waals surface area contributed by atoms with Crippen molar-refractivity contribution in [1.82, 2.24) is 28.1 Å². The number of hydrogen-bond donors (Lipinski definition) is 0. The van der Waals surface area contributed by atoms with Crippen molar-refractivity contribution in [3.05, 3.63) is 30.0 Å². The standard InChI is InChI=1S/C16H24N6O2S/c1-12-18-13(11-14(19-12)16-17-8-10-21(16)4)15-7-5-6-9-22(15)25(23,24)20(2)3/h8,10-11,15H,5-7,9H2,1-4H3/t15-/m1/s1. The van der Waals surface area contributed by atoms with Gasteiger partial charge in [0.2, 0.25) is 0 Å². The van der Waals surface area contributed by atoms with Crippen molar-refractivity contribution in [2.75, 3.05) is 20.6 Å². The van der Waals surface area contributed by atoms with E-state index in [1.54, 1.807) is 24.6 Å². The molecule has 136 valence electrons. The zero-order chi connectivity index (χ0) is 18.2. The molecule has 8 nitrogen and oxygen atoms in total. The zero-order valence-corrected chi connectivity index (χ0v) is 15.9. The Bertz CT molecular complexity index is 861. The van der Waals surface area contributed by atoms with Crippen molar-refractivity contribution in [2.45, 2.75) is 32.2 Å². The fourth-order valence-electron chi connectivity index (χ4n) is 3.17. The van der Waals surface area contributed by atoms with Crippen LogP contribution in [0.5, 0.6) is 0 Å². The van der Waals surface area contributed by atoms with Crippen LogP contribution in [0.4, 0.5) is 0 Å². The maximum atomic E-state index is 12.7. The van der Waals surface area contributed by atoms with Crippen LogP contribution in [-0.2, 0) is 17.3 Å². The van der Waals surface area contributed by atoms with Gasteiger partial charge in [-0.15, -0.1) is 0 Å². The normalized spacial score (nSPS) is 19.5. The third kappa shape index (κ3) is 3.44. The summed E-state index contributed by atoms with van der Waals surface area (Å²) in [5.41, 5.74) is 1.44. The van der Waals surface area contributed by atoms with Crippen molar-refractivity contribution in [1.29, 1.82) is 0 Å². The van der Waals surface area contributed by atoms with Crippen LogP contribution in [0.3, 0.4) is 0 Å². The van der Waals surface area contributed by atoms with Gasteiger partial charge in [-0.05, 0) is 25.8 Å². The van der Waals surface area contributed by atoms with Crippen molar-refractivity contribution in [3.8, 4) is 11.5 Å². The third-order valence-electron chi connectivity index (χ3n) is 4.46. The highest BCUT2D eigenvalue weighted by atomic mass is 32.2. The molecule has 0 unspecified atom stereocenters. The van der Waals surface area contributed by atoms with Crippen LogP contribution in [-0.4, -0.2) is 57.2 Å². The largest absolute Gasteiger partial charge is 0.333 e. The molecule has 0 radical (unpaired) electrons. The van der Waals surface area contributed by atoms with Gasteiger partial charge in [0.15, 0.2) is 5.82 Å². The zero-order valence-electron chi connectivity index (χ0n) is 15.0. The predicted octanol–water partition coefficient (Wildman–Crippen LogP) is 1.52. The van der Waals surface area contributed by atoms with Gasteiger partial charge in [0.25, 0.3) is 10.2 Å². The third-order valence-corrected chi connectivity index (χ3v) is 6.41. The summed E-state index contributed by atoms with van der Waals surface area (Å²) in [7, 11) is 1.53. The number of nitrogens with zero attached hydrogens (tertiary/aromatic N) is 6. The maximum absolute atomic E-state index is 12.7. The molecule has 0 bridgehead atoms. The number of hydrogen-bond acceptors (Lipinski definition) is 5. The minimum absolute atomic E-state index is 0.276. The van der Waals surface area contributed by atoms with Crippen LogP contribution in [0, 0.1) is 6.92 Å². The Hall–Kier alpha value is -1.84. The molecular weight excluding hydrogens is 340 g/mol.